The maximum Gasteiger partial charge on any atom is 0.201 e. The minimum absolute atomic E-state index is 0.478. The lowest BCUT2D eigenvalue weighted by atomic mass is 10.2. The normalized spacial score (nSPS) is 11.5. The molecular formula is C15H14N6. The minimum Gasteiger partial charge on any atom is -0.369 e. The van der Waals surface area contributed by atoms with Gasteiger partial charge in [0.1, 0.15) is 11.3 Å². The fraction of sp³-hybridized carbons (Fsp3) is 0.133. The monoisotopic (exact) mass is 278 g/mol. The van der Waals surface area contributed by atoms with Crippen LogP contribution in [0.15, 0.2) is 42.9 Å². The number of anilines is 1. The average molecular weight is 278 g/mol. The quantitative estimate of drug-likeness (QED) is 0.608. The molecule has 0 aliphatic rings. The Morgan fingerprint density at radius 3 is 2.81 bits per heavy atom. The fourth-order valence-electron chi connectivity index (χ4n) is 2.63. The first kappa shape index (κ1) is 11.9. The molecule has 4 aromatic rings. The highest BCUT2D eigenvalue weighted by atomic mass is 15.2. The van der Waals surface area contributed by atoms with Gasteiger partial charge in [-0.15, -0.1) is 0 Å². The summed E-state index contributed by atoms with van der Waals surface area (Å²) >= 11 is 0. The molecule has 3 heterocycles. The Labute approximate surface area is 120 Å². The van der Waals surface area contributed by atoms with E-state index in [2.05, 4.69) is 15.0 Å². The van der Waals surface area contributed by atoms with Crippen molar-refractivity contribution in [3.63, 3.8) is 0 Å². The van der Waals surface area contributed by atoms with Crippen molar-refractivity contribution in [1.29, 1.82) is 0 Å². The molecule has 0 fully saturated rings. The summed E-state index contributed by atoms with van der Waals surface area (Å²) in [6.45, 7) is 0.583. The van der Waals surface area contributed by atoms with Crippen molar-refractivity contribution in [1.82, 2.24) is 24.1 Å². The van der Waals surface area contributed by atoms with Crippen molar-refractivity contribution in [2.75, 3.05) is 5.73 Å². The molecule has 104 valence electrons. The van der Waals surface area contributed by atoms with E-state index in [1.165, 1.54) is 0 Å². The molecule has 6 nitrogen and oxygen atoms in total. The summed E-state index contributed by atoms with van der Waals surface area (Å²) in [5, 5.41) is 1.05. The third-order valence-corrected chi connectivity index (χ3v) is 3.73. The van der Waals surface area contributed by atoms with Gasteiger partial charge in [-0.25, -0.2) is 9.97 Å². The SMILES string of the molecule is Cn1ccnc1Cn1c(N)nc2cnc3ccccc3c21. The lowest BCUT2D eigenvalue weighted by Gasteiger charge is -2.08. The number of para-hydroxylation sites is 1. The second kappa shape index (κ2) is 4.31. The summed E-state index contributed by atoms with van der Waals surface area (Å²) in [6.07, 6.45) is 5.47. The van der Waals surface area contributed by atoms with Gasteiger partial charge in [0.05, 0.1) is 23.8 Å². The zero-order valence-corrected chi connectivity index (χ0v) is 11.6. The topological polar surface area (TPSA) is 74.5 Å². The Bertz CT molecular complexity index is 949. The second-order valence-electron chi connectivity index (χ2n) is 5.02. The highest BCUT2D eigenvalue weighted by molar-refractivity contribution is 6.02. The number of nitrogens with zero attached hydrogens (tertiary/aromatic N) is 5. The second-order valence-corrected chi connectivity index (χ2v) is 5.02. The van der Waals surface area contributed by atoms with E-state index >= 15 is 0 Å². The lowest BCUT2D eigenvalue weighted by Crippen LogP contribution is -2.09. The van der Waals surface area contributed by atoms with Crippen LogP contribution in [0.4, 0.5) is 5.95 Å². The van der Waals surface area contributed by atoms with Gasteiger partial charge in [-0.2, -0.15) is 0 Å². The Kier molecular flexibility index (Phi) is 2.44. The average Bonchev–Trinajstić information content (AvgIpc) is 3.04. The summed E-state index contributed by atoms with van der Waals surface area (Å²) in [6, 6.07) is 8.01. The van der Waals surface area contributed by atoms with E-state index in [0.29, 0.717) is 12.5 Å². The highest BCUT2D eigenvalue weighted by Crippen LogP contribution is 2.26. The number of imidazole rings is 2. The van der Waals surface area contributed by atoms with Crippen LogP contribution in [0.3, 0.4) is 0 Å². The van der Waals surface area contributed by atoms with E-state index in [1.807, 2.05) is 46.6 Å². The van der Waals surface area contributed by atoms with Crippen molar-refractivity contribution >= 4 is 27.9 Å². The van der Waals surface area contributed by atoms with E-state index < -0.39 is 0 Å². The molecule has 0 amide bonds. The van der Waals surface area contributed by atoms with Crippen LogP contribution in [0.25, 0.3) is 21.9 Å². The van der Waals surface area contributed by atoms with Gasteiger partial charge < -0.3 is 14.9 Å². The standard InChI is InChI=1S/C15H14N6/c1-20-7-6-17-13(20)9-21-14-10-4-2-3-5-11(10)18-8-12(14)19-15(21)16/h2-8H,9H2,1H3,(H2,16,19). The zero-order chi connectivity index (χ0) is 14.4. The predicted octanol–water partition coefficient (Wildman–Crippen LogP) is 1.95. The van der Waals surface area contributed by atoms with Crippen molar-refractivity contribution in [3.05, 3.63) is 48.7 Å². The van der Waals surface area contributed by atoms with Gasteiger partial charge in [-0.1, -0.05) is 18.2 Å². The summed E-state index contributed by atoms with van der Waals surface area (Å²) < 4.78 is 3.97. The van der Waals surface area contributed by atoms with Gasteiger partial charge in [0.2, 0.25) is 5.95 Å². The Morgan fingerprint density at radius 2 is 2.00 bits per heavy atom. The number of rotatable bonds is 2. The third kappa shape index (κ3) is 1.76. The van der Waals surface area contributed by atoms with Gasteiger partial charge in [0.25, 0.3) is 0 Å². The van der Waals surface area contributed by atoms with E-state index in [1.54, 1.807) is 12.4 Å². The molecule has 0 saturated heterocycles. The molecule has 0 radical (unpaired) electrons. The number of hydrogen-bond acceptors (Lipinski definition) is 4. The Morgan fingerprint density at radius 1 is 1.14 bits per heavy atom. The molecule has 6 heteroatoms. The van der Waals surface area contributed by atoms with Crippen LogP contribution in [-0.2, 0) is 13.6 Å². The number of pyridine rings is 1. The van der Waals surface area contributed by atoms with Crippen LogP contribution in [0.5, 0.6) is 0 Å². The van der Waals surface area contributed by atoms with E-state index in [-0.39, 0.29) is 0 Å². The predicted molar refractivity (Wildman–Crippen MR) is 81.8 cm³/mol. The molecule has 21 heavy (non-hydrogen) atoms. The van der Waals surface area contributed by atoms with Crippen LogP contribution in [-0.4, -0.2) is 24.1 Å². The van der Waals surface area contributed by atoms with Crippen molar-refractivity contribution in [3.8, 4) is 0 Å². The van der Waals surface area contributed by atoms with Crippen LogP contribution < -0.4 is 5.73 Å². The van der Waals surface area contributed by atoms with Gasteiger partial charge >= 0.3 is 0 Å². The van der Waals surface area contributed by atoms with E-state index in [4.69, 9.17) is 5.73 Å². The van der Waals surface area contributed by atoms with Crippen LogP contribution in [0, 0.1) is 0 Å². The van der Waals surface area contributed by atoms with Crippen LogP contribution >= 0.6 is 0 Å². The molecule has 4 rings (SSSR count). The molecule has 0 unspecified atom stereocenters. The largest absolute Gasteiger partial charge is 0.369 e. The van der Waals surface area contributed by atoms with Crippen LogP contribution in [0.1, 0.15) is 5.82 Å². The number of aromatic nitrogens is 5. The van der Waals surface area contributed by atoms with Crippen molar-refractivity contribution in [2.45, 2.75) is 6.54 Å². The molecule has 3 aromatic heterocycles. The first-order chi connectivity index (χ1) is 10.2. The minimum atomic E-state index is 0.478. The molecule has 0 atom stereocenters. The lowest BCUT2D eigenvalue weighted by molar-refractivity contribution is 0.721. The number of nitrogens with two attached hydrogens (primary N) is 1. The first-order valence-corrected chi connectivity index (χ1v) is 6.69. The Hall–Kier alpha value is -2.89. The maximum atomic E-state index is 6.10. The number of hydrogen-bond donors (Lipinski definition) is 1. The van der Waals surface area contributed by atoms with Gasteiger partial charge in [-0.05, 0) is 6.07 Å². The smallest absolute Gasteiger partial charge is 0.201 e. The number of fused-ring (bicyclic) bond motifs is 3. The zero-order valence-electron chi connectivity index (χ0n) is 11.6. The van der Waals surface area contributed by atoms with Gasteiger partial charge in [0.15, 0.2) is 0 Å². The molecule has 1 aromatic carbocycles. The summed E-state index contributed by atoms with van der Waals surface area (Å²) in [5.41, 5.74) is 8.84. The Balaban J connectivity index is 2.01. The molecular weight excluding hydrogens is 264 g/mol. The van der Waals surface area contributed by atoms with Crippen LogP contribution in [0.2, 0.25) is 0 Å². The summed E-state index contributed by atoms with van der Waals surface area (Å²) in [7, 11) is 1.97. The molecule has 0 saturated carbocycles. The third-order valence-electron chi connectivity index (χ3n) is 3.73. The van der Waals surface area contributed by atoms with E-state index in [0.717, 1.165) is 27.8 Å². The highest BCUT2D eigenvalue weighted by Gasteiger charge is 2.13. The maximum absolute atomic E-state index is 6.10. The molecule has 0 spiro atoms. The van der Waals surface area contributed by atoms with Gasteiger partial charge in [-0.3, -0.25) is 4.98 Å². The summed E-state index contributed by atoms with van der Waals surface area (Å²) in [5.74, 6) is 1.41. The molecule has 0 aliphatic heterocycles. The molecule has 0 bridgehead atoms. The summed E-state index contributed by atoms with van der Waals surface area (Å²) in [4.78, 5) is 13.2. The number of aryl methyl sites for hydroxylation is 1. The fourth-order valence-corrected chi connectivity index (χ4v) is 2.63. The van der Waals surface area contributed by atoms with Gasteiger partial charge in [0, 0.05) is 24.8 Å². The van der Waals surface area contributed by atoms with Crippen molar-refractivity contribution in [2.24, 2.45) is 7.05 Å². The molecule has 0 aliphatic carbocycles. The number of benzene rings is 1. The molecule has 2 N–H and O–H groups in total. The van der Waals surface area contributed by atoms with Crippen molar-refractivity contribution < 1.29 is 0 Å². The number of nitrogen functional groups attached to an aromatic ring is 1. The first-order valence-electron chi connectivity index (χ1n) is 6.69. The van der Waals surface area contributed by atoms with E-state index in [9.17, 15) is 0 Å².